The molecule has 3 aromatic carbocycles. The maximum Gasteiger partial charge on any atom is 0.259 e. The number of anilines is 3. The van der Waals surface area contributed by atoms with Crippen LogP contribution in [0.2, 0.25) is 0 Å². The summed E-state index contributed by atoms with van der Waals surface area (Å²) in [4.78, 5) is 21.5. The lowest BCUT2D eigenvalue weighted by Gasteiger charge is -2.17. The summed E-state index contributed by atoms with van der Waals surface area (Å²) in [6.45, 7) is 4.51. The zero-order valence-electron chi connectivity index (χ0n) is 18.1. The second-order valence-corrected chi connectivity index (χ2v) is 7.56. The summed E-state index contributed by atoms with van der Waals surface area (Å²) < 4.78 is 0. The largest absolute Gasteiger partial charge is 0.505 e. The Kier molecular flexibility index (Phi) is 5.59. The van der Waals surface area contributed by atoms with Crippen LogP contribution in [0.3, 0.4) is 0 Å². The molecule has 0 unspecified atom stereocenters. The zero-order chi connectivity index (χ0) is 23.5. The maximum atomic E-state index is 13.0. The Morgan fingerprint density at radius 1 is 1.06 bits per heavy atom. The number of phenols is 1. The summed E-state index contributed by atoms with van der Waals surface area (Å²) in [5.41, 5.74) is 7.84. The fraction of sp³-hybridized carbons (Fsp3) is 0.0400. The monoisotopic (exact) mass is 451 g/mol. The van der Waals surface area contributed by atoms with Gasteiger partial charge in [0.15, 0.2) is 11.6 Å². The molecule has 1 aromatic heterocycles. The number of rotatable bonds is 5. The van der Waals surface area contributed by atoms with E-state index in [-0.39, 0.29) is 11.3 Å². The molecule has 34 heavy (non-hydrogen) atoms. The number of para-hydroxylation sites is 1. The third-order valence-electron chi connectivity index (χ3n) is 5.30. The summed E-state index contributed by atoms with van der Waals surface area (Å²) in [6.07, 6.45) is 3.26. The van der Waals surface area contributed by atoms with Gasteiger partial charge in [0.05, 0.1) is 5.56 Å². The van der Waals surface area contributed by atoms with E-state index in [9.17, 15) is 9.90 Å². The summed E-state index contributed by atoms with van der Waals surface area (Å²) in [5.74, 6) is 0.229. The highest BCUT2D eigenvalue weighted by molar-refractivity contribution is 6.13. The van der Waals surface area contributed by atoms with Gasteiger partial charge in [-0.05, 0) is 29.7 Å². The van der Waals surface area contributed by atoms with Gasteiger partial charge >= 0.3 is 0 Å². The van der Waals surface area contributed by atoms with Gasteiger partial charge in [0, 0.05) is 35.6 Å². The number of nitrogens with zero attached hydrogens (tertiary/aromatic N) is 4. The molecule has 1 amide bonds. The number of aromatic hydroxyl groups is 1. The first-order valence-corrected chi connectivity index (χ1v) is 10.6. The SMILES string of the molecule is C=C1CNN(c2ncccn2)/C1=N\Nc1c(O)c(C(=O)Nc2ccccc2)cc2ccccc12. The molecule has 1 fully saturated rings. The van der Waals surface area contributed by atoms with Crippen molar-refractivity contribution in [2.75, 3.05) is 22.3 Å². The molecule has 9 heteroatoms. The van der Waals surface area contributed by atoms with E-state index in [1.54, 1.807) is 41.7 Å². The topological polar surface area (TPSA) is 115 Å². The van der Waals surface area contributed by atoms with Crippen molar-refractivity contribution in [3.05, 3.63) is 96.8 Å². The molecule has 9 nitrogen and oxygen atoms in total. The van der Waals surface area contributed by atoms with Gasteiger partial charge in [-0.25, -0.2) is 20.4 Å². The molecule has 5 rings (SSSR count). The number of fused-ring (bicyclic) bond motifs is 1. The van der Waals surface area contributed by atoms with Crippen LogP contribution in [0.1, 0.15) is 10.4 Å². The molecule has 0 radical (unpaired) electrons. The molecule has 0 atom stereocenters. The van der Waals surface area contributed by atoms with Crippen LogP contribution in [0.5, 0.6) is 5.75 Å². The number of phenolic OH excluding ortho intramolecular Hbond substituents is 1. The number of aromatic nitrogens is 2. The molecule has 1 aliphatic heterocycles. The summed E-state index contributed by atoms with van der Waals surface area (Å²) in [6, 6.07) is 19.9. The van der Waals surface area contributed by atoms with Crippen LogP contribution in [0.4, 0.5) is 17.3 Å². The number of hydrazine groups is 1. The standard InChI is InChI=1S/C25H21N7O2/c1-16-15-28-32(25-26-12-7-13-27-25)23(16)31-30-21-19-11-6-5-8-17(19)14-20(22(21)33)24(34)29-18-9-3-2-4-10-18/h2-14,28,30,33H,1,15H2,(H,29,34)/b31-23-. The van der Waals surface area contributed by atoms with Crippen LogP contribution < -0.4 is 21.2 Å². The summed E-state index contributed by atoms with van der Waals surface area (Å²) in [7, 11) is 0. The average Bonchev–Trinajstić information content (AvgIpc) is 3.24. The molecule has 0 spiro atoms. The summed E-state index contributed by atoms with van der Waals surface area (Å²) in [5, 5.41) is 21.5. The first-order chi connectivity index (χ1) is 16.6. The van der Waals surface area contributed by atoms with E-state index >= 15 is 0 Å². The molecule has 4 N–H and O–H groups in total. The number of hydrazone groups is 1. The second-order valence-electron chi connectivity index (χ2n) is 7.56. The van der Waals surface area contributed by atoms with E-state index in [0.717, 1.165) is 5.39 Å². The first-order valence-electron chi connectivity index (χ1n) is 10.6. The van der Waals surface area contributed by atoms with Crippen molar-refractivity contribution in [2.24, 2.45) is 5.10 Å². The number of hydrogen-bond donors (Lipinski definition) is 4. The van der Waals surface area contributed by atoms with Crippen LogP contribution in [-0.2, 0) is 0 Å². The Morgan fingerprint density at radius 3 is 2.59 bits per heavy atom. The number of nitrogens with one attached hydrogen (secondary N) is 3. The van der Waals surface area contributed by atoms with Crippen LogP contribution in [0.25, 0.3) is 10.8 Å². The van der Waals surface area contributed by atoms with Gasteiger partial charge in [0.2, 0.25) is 5.95 Å². The molecule has 2 heterocycles. The van der Waals surface area contributed by atoms with Crippen molar-refractivity contribution in [1.82, 2.24) is 15.4 Å². The molecule has 168 valence electrons. The Bertz CT molecular complexity index is 1410. The number of carbonyl (C=O) groups is 1. The number of carbonyl (C=O) groups excluding carboxylic acids is 1. The van der Waals surface area contributed by atoms with Gasteiger partial charge in [-0.2, -0.15) is 5.10 Å². The average molecular weight is 451 g/mol. The zero-order valence-corrected chi connectivity index (χ0v) is 18.1. The van der Waals surface area contributed by atoms with Gasteiger partial charge in [-0.15, -0.1) is 0 Å². The lowest BCUT2D eigenvalue weighted by molar-refractivity contribution is 0.102. The highest BCUT2D eigenvalue weighted by Crippen LogP contribution is 2.36. The van der Waals surface area contributed by atoms with Gasteiger partial charge in [0.25, 0.3) is 5.91 Å². The lowest BCUT2D eigenvalue weighted by Crippen LogP contribution is -2.36. The highest BCUT2D eigenvalue weighted by Gasteiger charge is 2.26. The van der Waals surface area contributed by atoms with Gasteiger partial charge in [0.1, 0.15) is 5.69 Å². The molecule has 1 saturated heterocycles. The number of hydrogen-bond acceptors (Lipinski definition) is 7. The molecule has 0 bridgehead atoms. The number of amidine groups is 1. The Morgan fingerprint density at radius 2 is 1.79 bits per heavy atom. The molecular weight excluding hydrogens is 430 g/mol. The van der Waals surface area contributed by atoms with Gasteiger partial charge in [-0.3, -0.25) is 10.2 Å². The highest BCUT2D eigenvalue weighted by atomic mass is 16.3. The quantitative estimate of drug-likeness (QED) is 0.269. The van der Waals surface area contributed by atoms with Crippen LogP contribution >= 0.6 is 0 Å². The maximum absolute atomic E-state index is 13.0. The van der Waals surface area contributed by atoms with Crippen molar-refractivity contribution in [3.63, 3.8) is 0 Å². The smallest absolute Gasteiger partial charge is 0.259 e. The molecule has 0 saturated carbocycles. The summed E-state index contributed by atoms with van der Waals surface area (Å²) >= 11 is 0. The van der Waals surface area contributed by atoms with Crippen LogP contribution in [0, 0.1) is 0 Å². The Labute approximate surface area is 195 Å². The fourth-order valence-corrected chi connectivity index (χ4v) is 3.64. The number of amides is 1. The van der Waals surface area contributed by atoms with E-state index in [0.29, 0.717) is 40.7 Å². The van der Waals surface area contributed by atoms with Gasteiger partial charge < -0.3 is 10.4 Å². The Hall–Kier alpha value is -4.76. The van der Waals surface area contributed by atoms with Gasteiger partial charge in [-0.1, -0.05) is 49.0 Å². The predicted octanol–water partition coefficient (Wildman–Crippen LogP) is 3.89. The predicted molar refractivity (Wildman–Crippen MR) is 133 cm³/mol. The van der Waals surface area contributed by atoms with E-state index in [4.69, 9.17) is 0 Å². The van der Waals surface area contributed by atoms with Crippen molar-refractivity contribution < 1.29 is 9.90 Å². The third kappa shape index (κ3) is 4.03. The van der Waals surface area contributed by atoms with E-state index in [1.165, 1.54) is 0 Å². The third-order valence-corrected chi connectivity index (χ3v) is 5.30. The van der Waals surface area contributed by atoms with E-state index in [2.05, 4.69) is 37.8 Å². The van der Waals surface area contributed by atoms with Crippen LogP contribution in [-0.4, -0.2) is 33.4 Å². The van der Waals surface area contributed by atoms with E-state index < -0.39 is 5.91 Å². The van der Waals surface area contributed by atoms with Crippen LogP contribution in [0.15, 0.2) is 96.4 Å². The molecule has 0 aliphatic carbocycles. The molecule has 4 aromatic rings. The van der Waals surface area contributed by atoms with Crippen molar-refractivity contribution in [2.45, 2.75) is 0 Å². The minimum Gasteiger partial charge on any atom is -0.505 e. The Balaban J connectivity index is 1.53. The minimum absolute atomic E-state index is 0.122. The normalized spacial score (nSPS) is 14.5. The second kappa shape index (κ2) is 9.00. The van der Waals surface area contributed by atoms with Crippen molar-refractivity contribution in [3.8, 4) is 5.75 Å². The fourth-order valence-electron chi connectivity index (χ4n) is 3.64. The first kappa shape index (κ1) is 21.1. The van der Waals surface area contributed by atoms with E-state index in [1.807, 2.05) is 42.5 Å². The minimum atomic E-state index is -0.434. The van der Waals surface area contributed by atoms with Crippen molar-refractivity contribution in [1.29, 1.82) is 0 Å². The number of benzene rings is 3. The van der Waals surface area contributed by atoms with Crippen molar-refractivity contribution >= 4 is 39.8 Å². The molecular formula is C25H21N7O2. The molecule has 1 aliphatic rings. The lowest BCUT2D eigenvalue weighted by atomic mass is 10.0.